The average Bonchev–Trinajstić information content (AvgIpc) is 2.61. The van der Waals surface area contributed by atoms with E-state index in [2.05, 4.69) is 5.32 Å². The smallest absolute Gasteiger partial charge is 0.239 e. The van der Waals surface area contributed by atoms with Gasteiger partial charge in [-0.25, -0.2) is 0 Å². The standard InChI is InChI=1S/C15H15NO3/c1-14(2)8-6-4-5-7-9(8)16-12(14)10-11(17)13(18)15(10,3)19/h4-7,16,19H,1-3H3/b12-10-. The quantitative estimate of drug-likeness (QED) is 0.546. The molecule has 2 N–H and O–H groups in total. The van der Waals surface area contributed by atoms with Crippen LogP contribution in [0, 0.1) is 0 Å². The summed E-state index contributed by atoms with van der Waals surface area (Å²) in [5.41, 5.74) is 0.700. The van der Waals surface area contributed by atoms with E-state index in [9.17, 15) is 14.7 Å². The SMILES string of the molecule is CC1(O)C(=O)C(=O)/C1=C1/Nc2ccccc2C1(C)C. The number of fused-ring (bicyclic) bond motifs is 1. The van der Waals surface area contributed by atoms with Crippen LogP contribution < -0.4 is 5.32 Å². The molecule has 1 aromatic carbocycles. The van der Waals surface area contributed by atoms with Crippen LogP contribution in [-0.2, 0) is 15.0 Å². The van der Waals surface area contributed by atoms with Crippen molar-refractivity contribution in [1.29, 1.82) is 0 Å². The Balaban J connectivity index is 2.21. The molecule has 1 aliphatic carbocycles. The highest BCUT2D eigenvalue weighted by molar-refractivity contribution is 6.56. The van der Waals surface area contributed by atoms with Crippen LogP contribution in [0.25, 0.3) is 0 Å². The van der Waals surface area contributed by atoms with E-state index in [-0.39, 0.29) is 5.57 Å². The van der Waals surface area contributed by atoms with Crippen LogP contribution in [0.3, 0.4) is 0 Å². The number of para-hydroxylation sites is 1. The van der Waals surface area contributed by atoms with E-state index >= 15 is 0 Å². The number of benzene rings is 1. The van der Waals surface area contributed by atoms with Gasteiger partial charge in [-0.15, -0.1) is 0 Å². The third-order valence-electron chi connectivity index (χ3n) is 4.10. The molecular weight excluding hydrogens is 242 g/mol. The number of anilines is 1. The summed E-state index contributed by atoms with van der Waals surface area (Å²) in [6.07, 6.45) is 0. The molecule has 1 aromatic rings. The maximum atomic E-state index is 11.8. The predicted molar refractivity (Wildman–Crippen MR) is 70.8 cm³/mol. The highest BCUT2D eigenvalue weighted by atomic mass is 16.3. The fourth-order valence-corrected chi connectivity index (χ4v) is 2.90. The number of rotatable bonds is 0. The third-order valence-corrected chi connectivity index (χ3v) is 4.10. The molecule has 0 saturated heterocycles. The normalized spacial score (nSPS) is 31.8. The van der Waals surface area contributed by atoms with Gasteiger partial charge in [0.25, 0.3) is 0 Å². The molecule has 0 bridgehead atoms. The van der Waals surface area contributed by atoms with Crippen LogP contribution in [0.15, 0.2) is 35.5 Å². The van der Waals surface area contributed by atoms with E-state index in [1.807, 2.05) is 38.1 Å². The van der Waals surface area contributed by atoms with E-state index in [0.717, 1.165) is 11.3 Å². The van der Waals surface area contributed by atoms with Crippen LogP contribution in [0.2, 0.25) is 0 Å². The number of nitrogens with one attached hydrogen (secondary N) is 1. The first-order chi connectivity index (χ1) is 8.78. The lowest BCUT2D eigenvalue weighted by atomic mass is 9.68. The van der Waals surface area contributed by atoms with Crippen molar-refractivity contribution in [1.82, 2.24) is 0 Å². The minimum absolute atomic E-state index is 0.193. The summed E-state index contributed by atoms with van der Waals surface area (Å²) in [6.45, 7) is 5.32. The zero-order valence-corrected chi connectivity index (χ0v) is 11.1. The molecule has 4 nitrogen and oxygen atoms in total. The van der Waals surface area contributed by atoms with E-state index in [1.165, 1.54) is 6.92 Å². The van der Waals surface area contributed by atoms with E-state index in [1.54, 1.807) is 0 Å². The van der Waals surface area contributed by atoms with Gasteiger partial charge in [-0.3, -0.25) is 9.59 Å². The number of carbonyl (C=O) groups excluding carboxylic acids is 2. The van der Waals surface area contributed by atoms with Crippen molar-refractivity contribution in [2.75, 3.05) is 5.32 Å². The second kappa shape index (κ2) is 3.33. The van der Waals surface area contributed by atoms with Gasteiger partial charge in [0, 0.05) is 16.8 Å². The van der Waals surface area contributed by atoms with Crippen molar-refractivity contribution in [3.05, 3.63) is 41.1 Å². The molecule has 0 spiro atoms. The zero-order valence-electron chi connectivity index (χ0n) is 11.1. The van der Waals surface area contributed by atoms with Crippen LogP contribution in [0.4, 0.5) is 5.69 Å². The Morgan fingerprint density at radius 2 is 1.74 bits per heavy atom. The topological polar surface area (TPSA) is 66.4 Å². The van der Waals surface area contributed by atoms with Crippen LogP contribution in [0.5, 0.6) is 0 Å². The van der Waals surface area contributed by atoms with Gasteiger partial charge in [-0.2, -0.15) is 0 Å². The average molecular weight is 257 g/mol. The second-order valence-corrected chi connectivity index (χ2v) is 5.78. The van der Waals surface area contributed by atoms with Crippen LogP contribution in [0.1, 0.15) is 26.3 Å². The summed E-state index contributed by atoms with van der Waals surface area (Å²) in [6, 6.07) is 7.74. The monoisotopic (exact) mass is 257 g/mol. The molecular formula is C15H15NO3. The van der Waals surface area contributed by atoms with Gasteiger partial charge in [-0.1, -0.05) is 32.0 Å². The van der Waals surface area contributed by atoms with Crippen molar-refractivity contribution < 1.29 is 14.7 Å². The zero-order chi connectivity index (χ0) is 14.0. The maximum absolute atomic E-state index is 11.8. The minimum Gasteiger partial charge on any atom is -0.377 e. The maximum Gasteiger partial charge on any atom is 0.239 e. The van der Waals surface area contributed by atoms with Gasteiger partial charge < -0.3 is 10.4 Å². The van der Waals surface area contributed by atoms with E-state index < -0.39 is 22.6 Å². The van der Waals surface area contributed by atoms with Gasteiger partial charge in [0.1, 0.15) is 0 Å². The van der Waals surface area contributed by atoms with Crippen LogP contribution >= 0.6 is 0 Å². The van der Waals surface area contributed by atoms with Gasteiger partial charge in [0.2, 0.25) is 11.6 Å². The third kappa shape index (κ3) is 1.32. The Morgan fingerprint density at radius 1 is 1.11 bits per heavy atom. The molecule has 1 unspecified atom stereocenters. The molecule has 1 fully saturated rings. The van der Waals surface area contributed by atoms with Gasteiger partial charge in [0.15, 0.2) is 5.60 Å². The lowest BCUT2D eigenvalue weighted by Gasteiger charge is -2.36. The number of hydrogen-bond acceptors (Lipinski definition) is 4. The van der Waals surface area contributed by atoms with Gasteiger partial charge >= 0.3 is 0 Å². The predicted octanol–water partition coefficient (Wildman–Crippen LogP) is 1.55. The molecule has 1 heterocycles. The number of allylic oxidation sites excluding steroid dienone is 1. The van der Waals surface area contributed by atoms with Gasteiger partial charge in [0.05, 0.1) is 5.57 Å². The molecule has 1 atom stereocenters. The number of ketones is 2. The molecule has 1 aliphatic heterocycles. The fourth-order valence-electron chi connectivity index (χ4n) is 2.90. The molecule has 0 amide bonds. The summed E-state index contributed by atoms with van der Waals surface area (Å²) in [7, 11) is 0. The molecule has 0 aromatic heterocycles. The van der Waals surface area contributed by atoms with Crippen molar-refractivity contribution >= 4 is 17.3 Å². The first-order valence-electron chi connectivity index (χ1n) is 6.21. The highest BCUT2D eigenvalue weighted by Gasteiger charge is 2.57. The molecule has 3 rings (SSSR count). The fraction of sp³-hybridized carbons (Fsp3) is 0.333. The number of hydrogen-bond donors (Lipinski definition) is 2. The van der Waals surface area contributed by atoms with E-state index in [0.29, 0.717) is 5.70 Å². The Hall–Kier alpha value is -1.94. The van der Waals surface area contributed by atoms with Gasteiger partial charge in [-0.05, 0) is 18.6 Å². The first kappa shape index (κ1) is 12.1. The van der Waals surface area contributed by atoms with E-state index in [4.69, 9.17) is 0 Å². The summed E-state index contributed by atoms with van der Waals surface area (Å²) in [4.78, 5) is 23.3. The Kier molecular flexibility index (Phi) is 2.12. The summed E-state index contributed by atoms with van der Waals surface area (Å²) in [5, 5.41) is 13.3. The highest BCUT2D eigenvalue weighted by Crippen LogP contribution is 2.48. The van der Waals surface area contributed by atoms with Crippen molar-refractivity contribution in [3.8, 4) is 0 Å². The Morgan fingerprint density at radius 3 is 2.32 bits per heavy atom. The lowest BCUT2D eigenvalue weighted by molar-refractivity contribution is -0.152. The van der Waals surface area contributed by atoms with Crippen molar-refractivity contribution in [2.45, 2.75) is 31.8 Å². The summed E-state index contributed by atoms with van der Waals surface area (Å²) in [5.74, 6) is -1.32. The number of carbonyl (C=O) groups is 2. The molecule has 2 aliphatic rings. The molecule has 4 heteroatoms. The number of aliphatic hydroxyl groups is 1. The first-order valence-corrected chi connectivity index (χ1v) is 6.21. The molecule has 19 heavy (non-hydrogen) atoms. The number of Topliss-reactive ketones (excluding diaryl/α,β-unsaturated/α-hetero) is 2. The Bertz CT molecular complexity index is 653. The minimum atomic E-state index is -1.67. The lowest BCUT2D eigenvalue weighted by Crippen LogP contribution is -2.58. The Labute approximate surface area is 111 Å². The second-order valence-electron chi connectivity index (χ2n) is 5.78. The molecule has 0 radical (unpaired) electrons. The molecule has 98 valence electrons. The largest absolute Gasteiger partial charge is 0.377 e. The molecule has 1 saturated carbocycles. The van der Waals surface area contributed by atoms with Crippen molar-refractivity contribution in [3.63, 3.8) is 0 Å². The summed E-state index contributed by atoms with van der Waals surface area (Å²) >= 11 is 0. The summed E-state index contributed by atoms with van der Waals surface area (Å²) < 4.78 is 0. The van der Waals surface area contributed by atoms with Crippen LogP contribution in [-0.4, -0.2) is 22.3 Å². The van der Waals surface area contributed by atoms with Crippen molar-refractivity contribution in [2.24, 2.45) is 0 Å².